The number of fused-ring (bicyclic) bond motifs is 1. The molecule has 0 atom stereocenters. The van der Waals surface area contributed by atoms with Gasteiger partial charge in [0.15, 0.2) is 5.96 Å². The molecule has 3 N–H and O–H groups in total. The largest absolute Gasteiger partial charge is 0.361 e. The summed E-state index contributed by atoms with van der Waals surface area (Å²) in [6, 6.07) is 16.1. The highest BCUT2D eigenvalue weighted by molar-refractivity contribution is 5.94. The second-order valence-corrected chi connectivity index (χ2v) is 7.45. The first-order valence-corrected chi connectivity index (χ1v) is 10.5. The smallest absolute Gasteiger partial charge is 0.253 e. The highest BCUT2D eigenvalue weighted by Gasteiger charge is 2.08. The molecule has 0 spiro atoms. The van der Waals surface area contributed by atoms with Crippen LogP contribution in [0.3, 0.4) is 0 Å². The number of aliphatic imine (C=N–C) groups is 1. The number of para-hydroxylation sites is 1. The van der Waals surface area contributed by atoms with Gasteiger partial charge in [0.25, 0.3) is 5.91 Å². The summed E-state index contributed by atoms with van der Waals surface area (Å²) in [4.78, 5) is 21.8. The standard InChI is InChI=1S/C24H31N5O/c1-4-25-24(27-15-13-20-17-28-22-11-6-5-10-21(20)22)26-14-12-18-8-7-9-19(16-18)23(30)29(2)3/h5-11,16-17,28H,4,12-15H2,1-3H3,(H2,25,26,27). The molecule has 30 heavy (non-hydrogen) atoms. The maximum absolute atomic E-state index is 12.1. The van der Waals surface area contributed by atoms with Gasteiger partial charge in [-0.3, -0.25) is 9.79 Å². The number of hydrogen-bond acceptors (Lipinski definition) is 2. The van der Waals surface area contributed by atoms with Crippen molar-refractivity contribution in [1.82, 2.24) is 20.5 Å². The summed E-state index contributed by atoms with van der Waals surface area (Å²) in [5.74, 6) is 0.842. The molecule has 0 fully saturated rings. The number of carbonyl (C=O) groups excluding carboxylic acids is 1. The summed E-state index contributed by atoms with van der Waals surface area (Å²) in [6.45, 7) is 4.33. The summed E-state index contributed by atoms with van der Waals surface area (Å²) in [5.41, 5.74) is 4.30. The predicted octanol–water partition coefficient (Wildman–Crippen LogP) is 3.21. The molecular weight excluding hydrogens is 374 g/mol. The summed E-state index contributed by atoms with van der Waals surface area (Å²) in [7, 11) is 3.54. The Morgan fingerprint density at radius 2 is 1.90 bits per heavy atom. The number of carbonyl (C=O) groups is 1. The first-order chi connectivity index (χ1) is 14.6. The monoisotopic (exact) mass is 405 g/mol. The van der Waals surface area contributed by atoms with Gasteiger partial charge in [-0.2, -0.15) is 0 Å². The summed E-state index contributed by atoms with van der Waals surface area (Å²) in [5, 5.41) is 7.96. The normalized spacial score (nSPS) is 11.5. The fourth-order valence-corrected chi connectivity index (χ4v) is 3.41. The Morgan fingerprint density at radius 3 is 2.70 bits per heavy atom. The number of nitrogens with zero attached hydrogens (tertiary/aromatic N) is 2. The van der Waals surface area contributed by atoms with Crippen molar-refractivity contribution in [2.45, 2.75) is 19.8 Å². The van der Waals surface area contributed by atoms with Crippen LogP contribution in [0.1, 0.15) is 28.4 Å². The second kappa shape index (κ2) is 10.5. The molecule has 0 saturated carbocycles. The molecule has 0 radical (unpaired) electrons. The van der Waals surface area contributed by atoms with E-state index in [2.05, 4.69) is 53.0 Å². The van der Waals surface area contributed by atoms with E-state index in [1.54, 1.807) is 19.0 Å². The molecule has 158 valence electrons. The lowest BCUT2D eigenvalue weighted by Crippen LogP contribution is -2.38. The number of benzene rings is 2. The zero-order chi connectivity index (χ0) is 21.3. The van der Waals surface area contributed by atoms with Gasteiger partial charge in [-0.25, -0.2) is 0 Å². The van der Waals surface area contributed by atoms with Crippen molar-refractivity contribution in [3.05, 3.63) is 71.4 Å². The van der Waals surface area contributed by atoms with Gasteiger partial charge in [0.1, 0.15) is 0 Å². The average Bonchev–Trinajstić information content (AvgIpc) is 3.16. The lowest BCUT2D eigenvalue weighted by Gasteiger charge is -2.13. The van der Waals surface area contributed by atoms with Crippen molar-refractivity contribution >= 4 is 22.8 Å². The van der Waals surface area contributed by atoms with Crippen molar-refractivity contribution < 1.29 is 4.79 Å². The highest BCUT2D eigenvalue weighted by atomic mass is 16.2. The molecule has 2 aromatic carbocycles. The highest BCUT2D eigenvalue weighted by Crippen LogP contribution is 2.17. The first-order valence-electron chi connectivity index (χ1n) is 10.5. The number of rotatable bonds is 8. The molecule has 3 rings (SSSR count). The van der Waals surface area contributed by atoms with Crippen molar-refractivity contribution in [2.24, 2.45) is 4.99 Å². The van der Waals surface area contributed by atoms with Gasteiger partial charge in [-0.15, -0.1) is 0 Å². The Balaban J connectivity index is 1.54. The van der Waals surface area contributed by atoms with Gasteiger partial charge >= 0.3 is 0 Å². The number of aromatic nitrogens is 1. The number of guanidine groups is 1. The van der Waals surface area contributed by atoms with Crippen LogP contribution in [0.5, 0.6) is 0 Å². The topological polar surface area (TPSA) is 72.5 Å². The fraction of sp³-hybridized carbons (Fsp3) is 0.333. The second-order valence-electron chi connectivity index (χ2n) is 7.45. The Kier molecular flexibility index (Phi) is 7.49. The van der Waals surface area contributed by atoms with E-state index in [1.165, 1.54) is 10.9 Å². The molecule has 1 amide bonds. The van der Waals surface area contributed by atoms with E-state index in [-0.39, 0.29) is 5.91 Å². The molecule has 0 bridgehead atoms. The third kappa shape index (κ3) is 5.63. The number of amides is 1. The first kappa shape index (κ1) is 21.4. The van der Waals surface area contributed by atoms with Gasteiger partial charge in [0.05, 0.1) is 0 Å². The lowest BCUT2D eigenvalue weighted by atomic mass is 10.1. The maximum atomic E-state index is 12.1. The van der Waals surface area contributed by atoms with E-state index in [0.717, 1.165) is 48.5 Å². The maximum Gasteiger partial charge on any atom is 0.253 e. The Labute approximate surface area is 178 Å². The van der Waals surface area contributed by atoms with Gasteiger partial charge in [-0.1, -0.05) is 30.3 Å². The third-order valence-electron chi connectivity index (χ3n) is 4.96. The van der Waals surface area contributed by atoms with Gasteiger partial charge < -0.3 is 20.5 Å². The van der Waals surface area contributed by atoms with E-state index in [9.17, 15) is 4.79 Å². The summed E-state index contributed by atoms with van der Waals surface area (Å²) in [6.07, 6.45) is 3.78. The van der Waals surface area contributed by atoms with Gasteiger partial charge in [0.2, 0.25) is 0 Å². The molecule has 6 nitrogen and oxygen atoms in total. The van der Waals surface area contributed by atoms with E-state index >= 15 is 0 Å². The minimum atomic E-state index is 0.0250. The van der Waals surface area contributed by atoms with Crippen LogP contribution in [0.2, 0.25) is 0 Å². The van der Waals surface area contributed by atoms with Crippen LogP contribution >= 0.6 is 0 Å². The molecule has 0 aliphatic carbocycles. The Hall–Kier alpha value is -3.28. The summed E-state index contributed by atoms with van der Waals surface area (Å²) < 4.78 is 0. The zero-order valence-electron chi connectivity index (χ0n) is 18.0. The van der Waals surface area contributed by atoms with Crippen molar-refractivity contribution in [1.29, 1.82) is 0 Å². The van der Waals surface area contributed by atoms with Crippen molar-refractivity contribution in [2.75, 3.05) is 33.7 Å². The minimum absolute atomic E-state index is 0.0250. The zero-order valence-corrected chi connectivity index (χ0v) is 18.0. The van der Waals surface area contributed by atoms with Crippen LogP contribution in [0.4, 0.5) is 0 Å². The Morgan fingerprint density at radius 1 is 1.07 bits per heavy atom. The van der Waals surface area contributed by atoms with E-state index < -0.39 is 0 Å². The van der Waals surface area contributed by atoms with Crippen molar-refractivity contribution in [3.8, 4) is 0 Å². The molecule has 0 saturated heterocycles. The number of aromatic amines is 1. The third-order valence-corrected chi connectivity index (χ3v) is 4.96. The lowest BCUT2D eigenvalue weighted by molar-refractivity contribution is 0.0827. The number of hydrogen-bond donors (Lipinski definition) is 3. The van der Waals surface area contributed by atoms with E-state index in [4.69, 9.17) is 4.99 Å². The van der Waals surface area contributed by atoms with Crippen LogP contribution in [-0.4, -0.2) is 55.5 Å². The number of H-pyrrole nitrogens is 1. The molecule has 6 heteroatoms. The van der Waals surface area contributed by atoms with Crippen LogP contribution in [-0.2, 0) is 12.8 Å². The fourth-order valence-electron chi connectivity index (χ4n) is 3.41. The molecule has 0 aliphatic rings. The van der Waals surface area contributed by atoms with E-state index in [0.29, 0.717) is 6.54 Å². The molecular formula is C24H31N5O. The molecule has 0 unspecified atom stereocenters. The molecule has 1 aromatic heterocycles. The average molecular weight is 406 g/mol. The quantitative estimate of drug-likeness (QED) is 0.398. The molecule has 1 heterocycles. The van der Waals surface area contributed by atoms with E-state index in [1.807, 2.05) is 24.3 Å². The van der Waals surface area contributed by atoms with Crippen LogP contribution in [0, 0.1) is 0 Å². The Bertz CT molecular complexity index is 1010. The summed E-state index contributed by atoms with van der Waals surface area (Å²) >= 11 is 0. The van der Waals surface area contributed by atoms with Crippen molar-refractivity contribution in [3.63, 3.8) is 0 Å². The number of nitrogens with one attached hydrogen (secondary N) is 3. The SMILES string of the molecule is CCNC(=NCCc1c[nH]c2ccccc12)NCCc1cccc(C(=O)N(C)C)c1. The van der Waals surface area contributed by atoms with Gasteiger partial charge in [-0.05, 0) is 49.1 Å². The van der Waals surface area contributed by atoms with Crippen LogP contribution in [0.25, 0.3) is 10.9 Å². The van der Waals surface area contributed by atoms with Gasteiger partial charge in [0, 0.05) is 56.4 Å². The molecule has 3 aromatic rings. The molecule has 0 aliphatic heterocycles. The predicted molar refractivity (Wildman–Crippen MR) is 124 cm³/mol. The minimum Gasteiger partial charge on any atom is -0.361 e. The van der Waals surface area contributed by atoms with Crippen LogP contribution in [0.15, 0.2) is 59.7 Å². The van der Waals surface area contributed by atoms with Crippen LogP contribution < -0.4 is 10.6 Å².